The third-order valence-corrected chi connectivity index (χ3v) is 5.61. The Morgan fingerprint density at radius 3 is 2.57 bits per heavy atom. The first-order valence-corrected chi connectivity index (χ1v) is 9.32. The second-order valence-corrected chi connectivity index (χ2v) is 7.45. The van der Waals surface area contributed by atoms with Crippen LogP contribution in [0.4, 0.5) is 0 Å². The second-order valence-electron chi connectivity index (χ2n) is 5.51. The van der Waals surface area contributed by atoms with E-state index in [2.05, 4.69) is 17.3 Å². The average Bonchev–Trinajstić information content (AvgIpc) is 2.77. The van der Waals surface area contributed by atoms with E-state index < -0.39 is 10.0 Å². The van der Waals surface area contributed by atoms with E-state index in [1.54, 1.807) is 15.2 Å². The summed E-state index contributed by atoms with van der Waals surface area (Å²) in [4.78, 5) is 0.319. The van der Waals surface area contributed by atoms with Crippen molar-refractivity contribution in [2.24, 2.45) is 0 Å². The largest absolute Gasteiger partial charge is 0.315 e. The molecule has 1 aromatic rings. The fourth-order valence-electron chi connectivity index (χ4n) is 2.53. The molecule has 0 saturated carbocycles. The van der Waals surface area contributed by atoms with Crippen LogP contribution in [0.2, 0.25) is 0 Å². The smallest absolute Gasteiger partial charge is 0.246 e. The van der Waals surface area contributed by atoms with Crippen LogP contribution in [-0.4, -0.2) is 48.7 Å². The van der Waals surface area contributed by atoms with Crippen LogP contribution in [0.25, 0.3) is 0 Å². The lowest BCUT2D eigenvalue weighted by atomic mass is 10.2. The first-order valence-electron chi connectivity index (χ1n) is 7.88. The molecule has 1 aromatic heterocycles. The van der Waals surface area contributed by atoms with E-state index in [1.807, 2.05) is 0 Å². The number of nitrogens with one attached hydrogen (secondary N) is 1. The van der Waals surface area contributed by atoms with Gasteiger partial charge in [0.15, 0.2) is 0 Å². The summed E-state index contributed by atoms with van der Waals surface area (Å²) in [7, 11) is -3.37. The third-order valence-electron chi connectivity index (χ3n) is 3.76. The molecule has 120 valence electrons. The maximum absolute atomic E-state index is 12.6. The van der Waals surface area contributed by atoms with Gasteiger partial charge < -0.3 is 5.32 Å². The molecule has 0 amide bonds. The molecule has 0 atom stereocenters. The van der Waals surface area contributed by atoms with Crippen LogP contribution >= 0.6 is 0 Å². The Morgan fingerprint density at radius 1 is 1.19 bits per heavy atom. The summed E-state index contributed by atoms with van der Waals surface area (Å²) < 4.78 is 28.5. The first kappa shape index (κ1) is 16.5. The quantitative estimate of drug-likeness (QED) is 0.774. The normalized spacial score (nSPS) is 17.8. The summed E-state index contributed by atoms with van der Waals surface area (Å²) in [6, 6.07) is 0. The molecule has 1 aliphatic heterocycles. The number of rotatable bonds is 7. The molecule has 6 nitrogen and oxygen atoms in total. The molecule has 0 radical (unpaired) electrons. The van der Waals surface area contributed by atoms with E-state index in [0.717, 1.165) is 45.2 Å². The third kappa shape index (κ3) is 4.52. The predicted molar refractivity (Wildman–Crippen MR) is 82.6 cm³/mol. The van der Waals surface area contributed by atoms with Crippen LogP contribution in [0.5, 0.6) is 0 Å². The maximum atomic E-state index is 12.6. The molecule has 1 fully saturated rings. The summed E-state index contributed by atoms with van der Waals surface area (Å²) in [5.41, 5.74) is 0. The van der Waals surface area contributed by atoms with Crippen LogP contribution in [0, 0.1) is 0 Å². The molecule has 2 rings (SSSR count). The monoisotopic (exact) mass is 314 g/mol. The summed E-state index contributed by atoms with van der Waals surface area (Å²) in [6.07, 6.45) is 8.35. The summed E-state index contributed by atoms with van der Waals surface area (Å²) in [5, 5.41) is 7.45. The van der Waals surface area contributed by atoms with E-state index in [1.165, 1.54) is 6.20 Å². The van der Waals surface area contributed by atoms with Crippen molar-refractivity contribution < 1.29 is 8.42 Å². The second kappa shape index (κ2) is 7.91. The van der Waals surface area contributed by atoms with Gasteiger partial charge in [-0.05, 0) is 25.8 Å². The highest BCUT2D eigenvalue weighted by molar-refractivity contribution is 7.89. The van der Waals surface area contributed by atoms with Crippen molar-refractivity contribution in [1.29, 1.82) is 0 Å². The van der Waals surface area contributed by atoms with Crippen molar-refractivity contribution in [2.45, 2.75) is 50.5 Å². The molecule has 1 N–H and O–H groups in total. The lowest BCUT2D eigenvalue weighted by Gasteiger charge is -2.18. The van der Waals surface area contributed by atoms with Crippen molar-refractivity contribution in [2.75, 3.05) is 26.2 Å². The van der Waals surface area contributed by atoms with Gasteiger partial charge in [0.2, 0.25) is 10.0 Å². The molecular formula is C14H26N4O2S. The predicted octanol–water partition coefficient (Wildman–Crippen LogP) is 1.45. The molecule has 1 saturated heterocycles. The highest BCUT2D eigenvalue weighted by Gasteiger charge is 2.26. The molecule has 1 aliphatic rings. The van der Waals surface area contributed by atoms with E-state index in [4.69, 9.17) is 0 Å². The molecule has 0 unspecified atom stereocenters. The SMILES string of the molecule is CCCNCCn1cc(S(=O)(=O)N2CCCCCC2)cn1. The van der Waals surface area contributed by atoms with Crippen molar-refractivity contribution in [3.05, 3.63) is 12.4 Å². The number of nitrogens with zero attached hydrogens (tertiary/aromatic N) is 3. The van der Waals surface area contributed by atoms with Crippen molar-refractivity contribution >= 4 is 10.0 Å². The molecule has 7 heteroatoms. The molecule has 0 aliphatic carbocycles. The Balaban J connectivity index is 1.98. The van der Waals surface area contributed by atoms with Crippen LogP contribution < -0.4 is 5.32 Å². The van der Waals surface area contributed by atoms with Gasteiger partial charge in [0.05, 0.1) is 12.7 Å². The molecule has 0 aromatic carbocycles. The Morgan fingerprint density at radius 2 is 1.90 bits per heavy atom. The van der Waals surface area contributed by atoms with Crippen molar-refractivity contribution in [3.63, 3.8) is 0 Å². The van der Waals surface area contributed by atoms with Crippen molar-refractivity contribution in [1.82, 2.24) is 19.4 Å². The van der Waals surface area contributed by atoms with Gasteiger partial charge in [0.1, 0.15) is 4.90 Å². The Kier molecular flexibility index (Phi) is 6.20. The molecule has 2 heterocycles. The zero-order chi connectivity index (χ0) is 15.1. The van der Waals surface area contributed by atoms with Gasteiger partial charge in [0.25, 0.3) is 0 Å². The number of hydrogen-bond acceptors (Lipinski definition) is 4. The Hall–Kier alpha value is -0.920. The minimum absolute atomic E-state index is 0.319. The number of hydrogen-bond donors (Lipinski definition) is 1. The van der Waals surface area contributed by atoms with Gasteiger partial charge >= 0.3 is 0 Å². The molecule has 21 heavy (non-hydrogen) atoms. The number of aromatic nitrogens is 2. The maximum Gasteiger partial charge on any atom is 0.246 e. The van der Waals surface area contributed by atoms with Crippen LogP contribution in [0.1, 0.15) is 39.0 Å². The fraction of sp³-hybridized carbons (Fsp3) is 0.786. The number of sulfonamides is 1. The minimum Gasteiger partial charge on any atom is -0.315 e. The molecular weight excluding hydrogens is 288 g/mol. The Labute approximate surface area is 127 Å². The minimum atomic E-state index is -3.37. The van der Waals surface area contributed by atoms with Gasteiger partial charge in [-0.25, -0.2) is 8.42 Å². The van der Waals surface area contributed by atoms with Gasteiger partial charge in [0, 0.05) is 25.8 Å². The average molecular weight is 314 g/mol. The van der Waals surface area contributed by atoms with Gasteiger partial charge in [-0.3, -0.25) is 4.68 Å². The van der Waals surface area contributed by atoms with Crippen LogP contribution in [-0.2, 0) is 16.6 Å². The highest BCUT2D eigenvalue weighted by atomic mass is 32.2. The van der Waals surface area contributed by atoms with E-state index in [9.17, 15) is 8.42 Å². The summed E-state index contributed by atoms with van der Waals surface area (Å²) >= 11 is 0. The van der Waals surface area contributed by atoms with Crippen molar-refractivity contribution in [3.8, 4) is 0 Å². The van der Waals surface area contributed by atoms with Gasteiger partial charge in [-0.1, -0.05) is 19.8 Å². The standard InChI is InChI=1S/C14H26N4O2S/c1-2-7-15-8-11-17-13-14(12-16-17)21(19,20)18-9-5-3-4-6-10-18/h12-13,15H,2-11H2,1H3. The van der Waals surface area contributed by atoms with E-state index in [-0.39, 0.29) is 0 Å². The lowest BCUT2D eigenvalue weighted by molar-refractivity contribution is 0.423. The first-order chi connectivity index (χ1) is 10.1. The molecule has 0 spiro atoms. The molecule has 0 bridgehead atoms. The van der Waals surface area contributed by atoms with Crippen LogP contribution in [0.3, 0.4) is 0 Å². The fourth-order valence-corrected chi connectivity index (χ4v) is 4.00. The highest BCUT2D eigenvalue weighted by Crippen LogP contribution is 2.19. The van der Waals surface area contributed by atoms with E-state index >= 15 is 0 Å². The summed E-state index contributed by atoms with van der Waals surface area (Å²) in [5.74, 6) is 0. The summed E-state index contributed by atoms with van der Waals surface area (Å²) in [6.45, 7) is 5.85. The Bertz CT molecular complexity index is 519. The topological polar surface area (TPSA) is 67.2 Å². The van der Waals surface area contributed by atoms with Crippen LogP contribution in [0.15, 0.2) is 17.3 Å². The lowest BCUT2D eigenvalue weighted by Crippen LogP contribution is -2.31. The van der Waals surface area contributed by atoms with Gasteiger partial charge in [-0.2, -0.15) is 9.40 Å². The van der Waals surface area contributed by atoms with E-state index in [0.29, 0.717) is 24.5 Å². The zero-order valence-corrected chi connectivity index (χ0v) is 13.6. The van der Waals surface area contributed by atoms with Gasteiger partial charge in [-0.15, -0.1) is 0 Å². The zero-order valence-electron chi connectivity index (χ0n) is 12.8.